The van der Waals surface area contributed by atoms with Gasteiger partial charge < -0.3 is 20.3 Å². The van der Waals surface area contributed by atoms with Gasteiger partial charge in [0.25, 0.3) is 11.8 Å². The molecular formula is C20H25N3O3. The molecule has 6 nitrogen and oxygen atoms in total. The first-order valence-corrected chi connectivity index (χ1v) is 8.91. The third-order valence-corrected chi connectivity index (χ3v) is 4.24. The monoisotopic (exact) mass is 355 g/mol. The average molecular weight is 355 g/mol. The van der Waals surface area contributed by atoms with Crippen molar-refractivity contribution in [2.45, 2.75) is 18.9 Å². The van der Waals surface area contributed by atoms with Crippen molar-refractivity contribution in [3.05, 3.63) is 42.0 Å². The maximum absolute atomic E-state index is 12.6. The van der Waals surface area contributed by atoms with Crippen LogP contribution in [0.15, 0.2) is 36.4 Å². The number of hydrogen-bond acceptors (Lipinski definition) is 4. The van der Waals surface area contributed by atoms with Crippen molar-refractivity contribution in [3.63, 3.8) is 0 Å². The minimum Gasteiger partial charge on any atom is -0.483 e. The average Bonchev–Trinajstić information content (AvgIpc) is 3.42. The fourth-order valence-electron chi connectivity index (χ4n) is 2.64. The zero-order valence-corrected chi connectivity index (χ0v) is 15.2. The van der Waals surface area contributed by atoms with Gasteiger partial charge in [0.2, 0.25) is 0 Å². The Morgan fingerprint density at radius 2 is 1.85 bits per heavy atom. The van der Waals surface area contributed by atoms with Crippen molar-refractivity contribution in [2.75, 3.05) is 33.8 Å². The van der Waals surface area contributed by atoms with Crippen molar-refractivity contribution in [1.29, 1.82) is 0 Å². The van der Waals surface area contributed by atoms with Gasteiger partial charge in [0.05, 0.1) is 5.56 Å². The number of ether oxygens (including phenoxy) is 1. The van der Waals surface area contributed by atoms with Crippen LogP contribution in [0.4, 0.5) is 0 Å². The van der Waals surface area contributed by atoms with Gasteiger partial charge in [-0.2, -0.15) is 0 Å². The quantitative estimate of drug-likeness (QED) is 0.757. The summed E-state index contributed by atoms with van der Waals surface area (Å²) in [6.45, 7) is 1.20. The van der Waals surface area contributed by atoms with Crippen LogP contribution >= 0.6 is 0 Å². The number of fused-ring (bicyclic) bond motifs is 1. The molecule has 0 aromatic heterocycles. The summed E-state index contributed by atoms with van der Waals surface area (Å²) in [7, 11) is 3.91. The summed E-state index contributed by atoms with van der Waals surface area (Å²) in [4.78, 5) is 26.5. The second-order valence-corrected chi connectivity index (χ2v) is 6.89. The molecule has 0 heterocycles. The first-order valence-electron chi connectivity index (χ1n) is 8.91. The minimum atomic E-state index is -0.199. The molecule has 138 valence electrons. The summed E-state index contributed by atoms with van der Waals surface area (Å²) in [5.74, 6) is 0.0758. The number of hydrogen-bond donors (Lipinski definition) is 2. The lowest BCUT2D eigenvalue weighted by Crippen LogP contribution is -2.32. The normalized spacial score (nSPS) is 13.7. The Morgan fingerprint density at radius 1 is 1.15 bits per heavy atom. The largest absolute Gasteiger partial charge is 0.483 e. The number of rotatable bonds is 8. The van der Waals surface area contributed by atoms with Crippen molar-refractivity contribution in [3.8, 4) is 5.75 Å². The van der Waals surface area contributed by atoms with Crippen LogP contribution in [0.1, 0.15) is 23.2 Å². The number of nitrogens with zero attached hydrogens (tertiary/aromatic N) is 1. The van der Waals surface area contributed by atoms with Crippen LogP contribution < -0.4 is 15.4 Å². The number of carbonyl (C=O) groups is 2. The van der Waals surface area contributed by atoms with Gasteiger partial charge in [-0.05, 0) is 49.8 Å². The predicted molar refractivity (Wildman–Crippen MR) is 101 cm³/mol. The van der Waals surface area contributed by atoms with Crippen LogP contribution in [0.2, 0.25) is 0 Å². The minimum absolute atomic E-state index is 0.0905. The highest BCUT2D eigenvalue weighted by atomic mass is 16.5. The molecule has 2 aromatic rings. The molecule has 1 saturated carbocycles. The van der Waals surface area contributed by atoms with E-state index in [-0.39, 0.29) is 24.5 Å². The number of likely N-dealkylation sites (N-methyl/N-ethyl adjacent to an activating group) is 1. The molecule has 0 saturated heterocycles. The van der Waals surface area contributed by atoms with Crippen molar-refractivity contribution >= 4 is 22.6 Å². The van der Waals surface area contributed by atoms with E-state index in [9.17, 15) is 9.59 Å². The number of benzene rings is 2. The van der Waals surface area contributed by atoms with Gasteiger partial charge in [-0.3, -0.25) is 9.59 Å². The first-order chi connectivity index (χ1) is 12.5. The van der Waals surface area contributed by atoms with E-state index in [1.807, 2.05) is 55.4 Å². The molecule has 0 atom stereocenters. The summed E-state index contributed by atoms with van der Waals surface area (Å²) < 4.78 is 5.70. The van der Waals surface area contributed by atoms with Gasteiger partial charge in [0.1, 0.15) is 5.75 Å². The Labute approximate surface area is 153 Å². The molecule has 0 aliphatic heterocycles. The molecule has 3 rings (SSSR count). The van der Waals surface area contributed by atoms with Gasteiger partial charge in [0.15, 0.2) is 6.61 Å². The second-order valence-electron chi connectivity index (χ2n) is 6.89. The van der Waals surface area contributed by atoms with Crippen LogP contribution in [-0.4, -0.2) is 56.5 Å². The SMILES string of the molecule is CN(C)CCNC(=O)c1cc2ccccc2cc1OCC(=O)NC1CC1. The van der Waals surface area contributed by atoms with E-state index in [2.05, 4.69) is 10.6 Å². The van der Waals surface area contributed by atoms with E-state index < -0.39 is 0 Å². The lowest BCUT2D eigenvalue weighted by molar-refractivity contribution is -0.123. The molecule has 26 heavy (non-hydrogen) atoms. The maximum Gasteiger partial charge on any atom is 0.258 e. The highest BCUT2D eigenvalue weighted by molar-refractivity contribution is 6.01. The summed E-state index contributed by atoms with van der Waals surface area (Å²) in [5, 5.41) is 7.72. The van der Waals surface area contributed by atoms with E-state index in [0.717, 1.165) is 30.2 Å². The standard InChI is InChI=1S/C20H25N3O3/c1-23(2)10-9-21-20(25)17-11-14-5-3-4-6-15(14)12-18(17)26-13-19(24)22-16-7-8-16/h3-6,11-12,16H,7-10,13H2,1-2H3,(H,21,25)(H,22,24). The topological polar surface area (TPSA) is 70.7 Å². The zero-order valence-electron chi connectivity index (χ0n) is 15.2. The Hall–Kier alpha value is -2.60. The number of carbonyl (C=O) groups excluding carboxylic acids is 2. The van der Waals surface area contributed by atoms with E-state index >= 15 is 0 Å². The van der Waals surface area contributed by atoms with Crippen LogP contribution in [0.5, 0.6) is 5.75 Å². The molecule has 0 bridgehead atoms. The number of nitrogens with one attached hydrogen (secondary N) is 2. The molecule has 0 spiro atoms. The Morgan fingerprint density at radius 3 is 2.50 bits per heavy atom. The van der Waals surface area contributed by atoms with E-state index in [1.165, 1.54) is 0 Å². The fourth-order valence-corrected chi connectivity index (χ4v) is 2.64. The third kappa shape index (κ3) is 4.95. The van der Waals surface area contributed by atoms with Crippen LogP contribution in [0.25, 0.3) is 10.8 Å². The van der Waals surface area contributed by atoms with Crippen LogP contribution in [0, 0.1) is 0 Å². The first kappa shape index (κ1) is 18.2. The van der Waals surface area contributed by atoms with Crippen molar-refractivity contribution < 1.29 is 14.3 Å². The molecule has 0 radical (unpaired) electrons. The van der Waals surface area contributed by atoms with Gasteiger partial charge >= 0.3 is 0 Å². The summed E-state index contributed by atoms with van der Waals surface area (Å²) in [5.41, 5.74) is 0.446. The highest BCUT2D eigenvalue weighted by Crippen LogP contribution is 2.26. The van der Waals surface area contributed by atoms with E-state index in [1.54, 1.807) is 0 Å². The zero-order chi connectivity index (χ0) is 18.5. The molecule has 6 heteroatoms. The smallest absolute Gasteiger partial charge is 0.258 e. The third-order valence-electron chi connectivity index (χ3n) is 4.24. The van der Waals surface area contributed by atoms with Gasteiger partial charge in [-0.1, -0.05) is 24.3 Å². The summed E-state index contributed by atoms with van der Waals surface area (Å²) >= 11 is 0. The van der Waals surface area contributed by atoms with Crippen molar-refractivity contribution in [2.24, 2.45) is 0 Å². The maximum atomic E-state index is 12.6. The molecule has 1 aliphatic rings. The Kier molecular flexibility index (Phi) is 5.73. The molecule has 2 amide bonds. The highest BCUT2D eigenvalue weighted by Gasteiger charge is 2.23. The molecule has 2 aromatic carbocycles. The van der Waals surface area contributed by atoms with Crippen LogP contribution in [0.3, 0.4) is 0 Å². The Bertz CT molecular complexity index is 800. The van der Waals surface area contributed by atoms with Crippen LogP contribution in [-0.2, 0) is 4.79 Å². The predicted octanol–water partition coefficient (Wildman–Crippen LogP) is 1.79. The molecule has 2 N–H and O–H groups in total. The van der Waals surface area contributed by atoms with E-state index in [4.69, 9.17) is 4.74 Å². The Balaban J connectivity index is 1.76. The van der Waals surface area contributed by atoms with Crippen molar-refractivity contribution in [1.82, 2.24) is 15.5 Å². The molecular weight excluding hydrogens is 330 g/mol. The molecule has 0 unspecified atom stereocenters. The number of amides is 2. The van der Waals surface area contributed by atoms with Gasteiger partial charge in [-0.15, -0.1) is 0 Å². The molecule has 1 aliphatic carbocycles. The lowest BCUT2D eigenvalue weighted by Gasteiger charge is -2.14. The van der Waals surface area contributed by atoms with Gasteiger partial charge in [-0.25, -0.2) is 0 Å². The summed E-state index contributed by atoms with van der Waals surface area (Å²) in [6, 6.07) is 11.7. The lowest BCUT2D eigenvalue weighted by atomic mass is 10.1. The summed E-state index contributed by atoms with van der Waals surface area (Å²) in [6.07, 6.45) is 2.06. The van der Waals surface area contributed by atoms with Gasteiger partial charge in [0, 0.05) is 19.1 Å². The van der Waals surface area contributed by atoms with E-state index in [0.29, 0.717) is 17.9 Å². The molecule has 1 fully saturated rings. The second kappa shape index (κ2) is 8.19. The fraction of sp³-hybridized carbons (Fsp3) is 0.400.